The van der Waals surface area contributed by atoms with E-state index >= 15 is 0 Å². The number of hydrogen-bond acceptors (Lipinski definition) is 4. The smallest absolute Gasteiger partial charge is 0.165 e. The summed E-state index contributed by atoms with van der Waals surface area (Å²) in [6.07, 6.45) is 5.17. The zero-order chi connectivity index (χ0) is 14.5. The Bertz CT molecular complexity index is 743. The number of hydrogen-bond donors (Lipinski definition) is 1. The van der Waals surface area contributed by atoms with Crippen LogP contribution >= 0.6 is 0 Å². The van der Waals surface area contributed by atoms with Gasteiger partial charge < -0.3 is 10.1 Å². The summed E-state index contributed by atoms with van der Waals surface area (Å²) >= 11 is 0. The summed E-state index contributed by atoms with van der Waals surface area (Å²) in [5, 5.41) is 4.26. The van der Waals surface area contributed by atoms with Gasteiger partial charge in [-0.05, 0) is 24.3 Å². The molecule has 0 unspecified atom stereocenters. The Labute approximate surface area is 121 Å². The molecule has 0 bridgehead atoms. The molecule has 2 heterocycles. The van der Waals surface area contributed by atoms with Gasteiger partial charge in [-0.25, -0.2) is 4.39 Å². The summed E-state index contributed by atoms with van der Waals surface area (Å²) in [6.45, 7) is 0.936. The van der Waals surface area contributed by atoms with Crippen LogP contribution in [0.1, 0.15) is 0 Å². The predicted octanol–water partition coefficient (Wildman–Crippen LogP) is 3.26. The van der Waals surface area contributed by atoms with Gasteiger partial charge in [-0.2, -0.15) is 0 Å². The average molecular weight is 283 g/mol. The fraction of sp³-hybridized carbons (Fsp3) is 0.125. The summed E-state index contributed by atoms with van der Waals surface area (Å²) in [6, 6.07) is 10.2. The maximum atomic E-state index is 13.4. The number of ether oxygens (including phenoxy) is 1. The van der Waals surface area contributed by atoms with Crippen molar-refractivity contribution in [1.29, 1.82) is 0 Å². The van der Waals surface area contributed by atoms with Crippen LogP contribution < -0.4 is 10.1 Å². The van der Waals surface area contributed by atoms with Crippen molar-refractivity contribution < 1.29 is 9.13 Å². The molecule has 0 aliphatic rings. The van der Waals surface area contributed by atoms with Crippen molar-refractivity contribution >= 4 is 16.6 Å². The number of para-hydroxylation sites is 1. The fourth-order valence-corrected chi connectivity index (χ4v) is 2.06. The van der Waals surface area contributed by atoms with Gasteiger partial charge in [0.1, 0.15) is 6.61 Å². The zero-order valence-corrected chi connectivity index (χ0v) is 11.3. The highest BCUT2D eigenvalue weighted by Crippen LogP contribution is 2.20. The number of fused-ring (bicyclic) bond motifs is 1. The molecule has 0 saturated heterocycles. The van der Waals surface area contributed by atoms with E-state index in [-0.39, 0.29) is 11.6 Å². The largest absolute Gasteiger partial charge is 0.489 e. The minimum atomic E-state index is -0.349. The monoisotopic (exact) mass is 283 g/mol. The van der Waals surface area contributed by atoms with Gasteiger partial charge in [-0.15, -0.1) is 0 Å². The summed E-state index contributed by atoms with van der Waals surface area (Å²) in [5.41, 5.74) is 1.79. The number of pyridine rings is 2. The standard InChI is InChI=1S/C16H14FN3O/c17-13-3-1-2-4-16(13)21-10-9-20-14-6-8-19-15-11-18-7-5-12(14)15/h1-8,11H,9-10H2,(H,19,20). The Morgan fingerprint density at radius 3 is 2.90 bits per heavy atom. The molecule has 2 aromatic heterocycles. The normalized spacial score (nSPS) is 10.5. The van der Waals surface area contributed by atoms with E-state index in [1.54, 1.807) is 36.8 Å². The number of nitrogens with zero attached hydrogens (tertiary/aromatic N) is 2. The maximum absolute atomic E-state index is 13.4. The molecule has 0 radical (unpaired) electrons. The third-order valence-electron chi connectivity index (χ3n) is 3.06. The van der Waals surface area contributed by atoms with Gasteiger partial charge in [0, 0.05) is 30.0 Å². The number of nitrogens with one attached hydrogen (secondary N) is 1. The SMILES string of the molecule is Fc1ccccc1OCCNc1ccnc2cnccc12. The first kappa shape index (κ1) is 13.3. The lowest BCUT2D eigenvalue weighted by atomic mass is 10.2. The van der Waals surface area contributed by atoms with Crippen molar-refractivity contribution in [2.45, 2.75) is 0 Å². The predicted molar refractivity (Wildman–Crippen MR) is 79.9 cm³/mol. The van der Waals surface area contributed by atoms with E-state index in [0.29, 0.717) is 13.2 Å². The van der Waals surface area contributed by atoms with Crippen LogP contribution in [0.2, 0.25) is 0 Å². The number of benzene rings is 1. The average Bonchev–Trinajstić information content (AvgIpc) is 2.53. The Hall–Kier alpha value is -2.69. The second-order valence-electron chi connectivity index (χ2n) is 4.46. The fourth-order valence-electron chi connectivity index (χ4n) is 2.06. The molecule has 4 nitrogen and oxygen atoms in total. The van der Waals surface area contributed by atoms with E-state index in [1.165, 1.54) is 6.07 Å². The van der Waals surface area contributed by atoms with Crippen LogP contribution in [0, 0.1) is 5.82 Å². The highest BCUT2D eigenvalue weighted by molar-refractivity contribution is 5.90. The van der Waals surface area contributed by atoms with Gasteiger partial charge in [0.2, 0.25) is 0 Å². The molecule has 0 atom stereocenters. The topological polar surface area (TPSA) is 47.0 Å². The summed E-state index contributed by atoms with van der Waals surface area (Å²) < 4.78 is 18.8. The van der Waals surface area contributed by atoms with E-state index < -0.39 is 0 Å². The molecule has 0 saturated carbocycles. The first-order chi connectivity index (χ1) is 10.3. The van der Waals surface area contributed by atoms with Crippen LogP contribution in [-0.2, 0) is 0 Å². The van der Waals surface area contributed by atoms with Crippen LogP contribution in [0.25, 0.3) is 10.9 Å². The van der Waals surface area contributed by atoms with Crippen molar-refractivity contribution in [1.82, 2.24) is 9.97 Å². The molecule has 0 spiro atoms. The molecular formula is C16H14FN3O. The summed E-state index contributed by atoms with van der Waals surface area (Å²) in [4.78, 5) is 8.29. The van der Waals surface area contributed by atoms with E-state index in [0.717, 1.165) is 16.6 Å². The van der Waals surface area contributed by atoms with E-state index in [9.17, 15) is 4.39 Å². The van der Waals surface area contributed by atoms with Crippen molar-refractivity contribution in [3.63, 3.8) is 0 Å². The summed E-state index contributed by atoms with van der Waals surface area (Å²) in [5.74, 6) is -0.0824. The molecule has 106 valence electrons. The molecule has 0 amide bonds. The molecule has 1 aromatic carbocycles. The first-order valence-electron chi connectivity index (χ1n) is 6.64. The minimum absolute atomic E-state index is 0.267. The number of rotatable bonds is 5. The van der Waals surface area contributed by atoms with Crippen LogP contribution in [0.4, 0.5) is 10.1 Å². The van der Waals surface area contributed by atoms with Crippen LogP contribution in [-0.4, -0.2) is 23.1 Å². The lowest BCUT2D eigenvalue weighted by molar-refractivity contribution is 0.315. The first-order valence-corrected chi connectivity index (χ1v) is 6.64. The quantitative estimate of drug-likeness (QED) is 0.730. The van der Waals surface area contributed by atoms with Gasteiger partial charge in [0.05, 0.1) is 11.7 Å². The maximum Gasteiger partial charge on any atom is 0.165 e. The second kappa shape index (κ2) is 6.17. The van der Waals surface area contributed by atoms with Gasteiger partial charge in [-0.1, -0.05) is 12.1 Å². The third kappa shape index (κ3) is 3.08. The van der Waals surface area contributed by atoms with Gasteiger partial charge in [0.25, 0.3) is 0 Å². The van der Waals surface area contributed by atoms with Crippen molar-refractivity contribution in [3.8, 4) is 5.75 Å². The molecule has 21 heavy (non-hydrogen) atoms. The molecule has 3 rings (SSSR count). The van der Waals surface area contributed by atoms with E-state index in [1.807, 2.05) is 12.1 Å². The Balaban J connectivity index is 1.61. The van der Waals surface area contributed by atoms with E-state index in [2.05, 4.69) is 15.3 Å². The Morgan fingerprint density at radius 2 is 2.00 bits per heavy atom. The zero-order valence-electron chi connectivity index (χ0n) is 11.3. The third-order valence-corrected chi connectivity index (χ3v) is 3.06. The lowest BCUT2D eigenvalue weighted by Crippen LogP contribution is -2.12. The number of aromatic nitrogens is 2. The molecule has 5 heteroatoms. The summed E-state index contributed by atoms with van der Waals surface area (Å²) in [7, 11) is 0. The molecule has 1 N–H and O–H groups in total. The Morgan fingerprint density at radius 1 is 1.10 bits per heavy atom. The van der Waals surface area contributed by atoms with Crippen molar-refractivity contribution in [2.24, 2.45) is 0 Å². The molecule has 0 fully saturated rings. The highest BCUT2D eigenvalue weighted by Gasteiger charge is 2.03. The van der Waals surface area contributed by atoms with Crippen molar-refractivity contribution in [2.75, 3.05) is 18.5 Å². The molecule has 3 aromatic rings. The number of anilines is 1. The van der Waals surface area contributed by atoms with Crippen molar-refractivity contribution in [3.05, 3.63) is 60.8 Å². The van der Waals surface area contributed by atoms with Gasteiger partial charge in [-0.3, -0.25) is 9.97 Å². The van der Waals surface area contributed by atoms with Crippen LogP contribution in [0.15, 0.2) is 55.0 Å². The Kier molecular flexibility index (Phi) is 3.91. The molecule has 0 aliphatic carbocycles. The number of halogens is 1. The highest BCUT2D eigenvalue weighted by atomic mass is 19.1. The van der Waals surface area contributed by atoms with Crippen LogP contribution in [0.5, 0.6) is 5.75 Å². The molecule has 0 aliphatic heterocycles. The van der Waals surface area contributed by atoms with E-state index in [4.69, 9.17) is 4.74 Å². The molecular weight excluding hydrogens is 269 g/mol. The minimum Gasteiger partial charge on any atom is -0.489 e. The van der Waals surface area contributed by atoms with Crippen LogP contribution in [0.3, 0.4) is 0 Å². The lowest BCUT2D eigenvalue weighted by Gasteiger charge is -2.10. The van der Waals surface area contributed by atoms with Gasteiger partial charge >= 0.3 is 0 Å². The van der Waals surface area contributed by atoms with Gasteiger partial charge in [0.15, 0.2) is 11.6 Å². The second-order valence-corrected chi connectivity index (χ2v) is 4.46.